The highest BCUT2D eigenvalue weighted by Crippen LogP contribution is 2.02. The molecule has 0 aromatic carbocycles. The second-order valence-electron chi connectivity index (χ2n) is 2.12. The highest BCUT2D eigenvalue weighted by Gasteiger charge is 2.12. The van der Waals surface area contributed by atoms with Gasteiger partial charge in [0.25, 0.3) is 0 Å². The minimum atomic E-state index is -0.522. The average molecular weight is 117 g/mol. The van der Waals surface area contributed by atoms with Gasteiger partial charge in [-0.25, -0.2) is 0 Å². The predicted octanol–water partition coefficient (Wildman–Crippen LogP) is -0.386. The van der Waals surface area contributed by atoms with E-state index in [0.717, 1.165) is 13.0 Å². The summed E-state index contributed by atoms with van der Waals surface area (Å²) in [7, 11) is 1.96. The molecule has 1 rings (SSSR count). The van der Waals surface area contributed by atoms with E-state index >= 15 is 0 Å². The number of hydrogen-bond acceptors (Lipinski definition) is 3. The van der Waals surface area contributed by atoms with Crippen LogP contribution in [-0.2, 0) is 4.74 Å². The molecule has 0 radical (unpaired) electrons. The van der Waals surface area contributed by atoms with E-state index in [2.05, 4.69) is 0 Å². The molecular formula is C5H11NO2. The quantitative estimate of drug-likeness (QED) is 0.469. The number of ether oxygens (including phenoxy) is 1. The second kappa shape index (κ2) is 2.44. The molecule has 1 heterocycles. The molecule has 1 aliphatic heterocycles. The van der Waals surface area contributed by atoms with Gasteiger partial charge in [-0.2, -0.15) is 0 Å². The first-order valence-electron chi connectivity index (χ1n) is 2.77. The van der Waals surface area contributed by atoms with E-state index in [1.165, 1.54) is 0 Å². The first-order chi connectivity index (χ1) is 3.79. The minimum absolute atomic E-state index is 0.522. The van der Waals surface area contributed by atoms with E-state index in [0.29, 0.717) is 6.73 Å². The van der Waals surface area contributed by atoms with E-state index in [1.54, 1.807) is 0 Å². The van der Waals surface area contributed by atoms with Crippen molar-refractivity contribution in [1.29, 1.82) is 0 Å². The van der Waals surface area contributed by atoms with Crippen molar-refractivity contribution < 1.29 is 9.84 Å². The van der Waals surface area contributed by atoms with Crippen molar-refractivity contribution in [3.05, 3.63) is 0 Å². The van der Waals surface area contributed by atoms with E-state index in [1.807, 2.05) is 11.9 Å². The highest BCUT2D eigenvalue weighted by molar-refractivity contribution is 4.53. The predicted molar refractivity (Wildman–Crippen MR) is 29.2 cm³/mol. The van der Waals surface area contributed by atoms with E-state index < -0.39 is 6.29 Å². The van der Waals surface area contributed by atoms with Gasteiger partial charge < -0.3 is 9.84 Å². The Bertz CT molecular complexity index is 58.8. The third-order valence-corrected chi connectivity index (χ3v) is 1.25. The number of hydrogen-bond donors (Lipinski definition) is 1. The zero-order valence-corrected chi connectivity index (χ0v) is 5.00. The monoisotopic (exact) mass is 117 g/mol. The summed E-state index contributed by atoms with van der Waals surface area (Å²) in [6.45, 7) is 1.49. The fourth-order valence-electron chi connectivity index (χ4n) is 0.692. The Kier molecular flexibility index (Phi) is 1.83. The lowest BCUT2D eigenvalue weighted by atomic mass is 10.4. The fourth-order valence-corrected chi connectivity index (χ4v) is 0.692. The van der Waals surface area contributed by atoms with Crippen LogP contribution in [-0.4, -0.2) is 36.6 Å². The third-order valence-electron chi connectivity index (χ3n) is 1.25. The summed E-state index contributed by atoms with van der Waals surface area (Å²) < 4.78 is 4.87. The van der Waals surface area contributed by atoms with E-state index in [9.17, 15) is 0 Å². The molecule has 3 heteroatoms. The highest BCUT2D eigenvalue weighted by atomic mass is 16.6. The SMILES string of the molecule is CN1CCC(O)OC1. The standard InChI is InChI=1S/C5H11NO2/c1-6-3-2-5(7)8-4-6/h5,7H,2-4H2,1H3. The van der Waals surface area contributed by atoms with Crippen LogP contribution in [0, 0.1) is 0 Å². The van der Waals surface area contributed by atoms with Crippen molar-refractivity contribution in [2.45, 2.75) is 12.7 Å². The molecule has 0 saturated carbocycles. The molecule has 1 fully saturated rings. The van der Waals surface area contributed by atoms with Gasteiger partial charge in [0, 0.05) is 13.0 Å². The molecule has 0 spiro atoms. The maximum Gasteiger partial charge on any atom is 0.157 e. The van der Waals surface area contributed by atoms with Gasteiger partial charge in [-0.1, -0.05) is 0 Å². The summed E-state index contributed by atoms with van der Waals surface area (Å²) >= 11 is 0. The molecule has 1 saturated heterocycles. The van der Waals surface area contributed by atoms with Gasteiger partial charge in [0.2, 0.25) is 0 Å². The molecule has 0 aromatic heterocycles. The smallest absolute Gasteiger partial charge is 0.157 e. The lowest BCUT2D eigenvalue weighted by molar-refractivity contribution is -0.163. The van der Waals surface area contributed by atoms with Crippen molar-refractivity contribution in [2.75, 3.05) is 20.3 Å². The molecule has 0 aliphatic carbocycles. The lowest BCUT2D eigenvalue weighted by Gasteiger charge is -2.25. The van der Waals surface area contributed by atoms with Gasteiger partial charge >= 0.3 is 0 Å². The maximum atomic E-state index is 8.78. The Balaban J connectivity index is 2.19. The first kappa shape index (κ1) is 6.01. The molecule has 0 amide bonds. The van der Waals surface area contributed by atoms with Crippen LogP contribution in [0.15, 0.2) is 0 Å². The second-order valence-corrected chi connectivity index (χ2v) is 2.12. The number of nitrogens with zero attached hydrogens (tertiary/aromatic N) is 1. The topological polar surface area (TPSA) is 32.7 Å². The van der Waals surface area contributed by atoms with Crippen LogP contribution >= 0.6 is 0 Å². The zero-order chi connectivity index (χ0) is 5.98. The van der Waals surface area contributed by atoms with Crippen molar-refractivity contribution in [2.24, 2.45) is 0 Å². The van der Waals surface area contributed by atoms with Crippen molar-refractivity contribution in [1.82, 2.24) is 4.90 Å². The molecule has 8 heavy (non-hydrogen) atoms. The minimum Gasteiger partial charge on any atom is -0.368 e. The molecule has 3 nitrogen and oxygen atoms in total. The van der Waals surface area contributed by atoms with Crippen LogP contribution in [0.2, 0.25) is 0 Å². The largest absolute Gasteiger partial charge is 0.368 e. The van der Waals surface area contributed by atoms with Gasteiger partial charge in [-0.15, -0.1) is 0 Å². The van der Waals surface area contributed by atoms with E-state index in [4.69, 9.17) is 9.84 Å². The van der Waals surface area contributed by atoms with Crippen LogP contribution in [0.25, 0.3) is 0 Å². The summed E-state index contributed by atoms with van der Waals surface area (Å²) in [4.78, 5) is 2.02. The molecule has 1 aliphatic rings. The Morgan fingerprint density at radius 2 is 2.50 bits per heavy atom. The summed E-state index contributed by atoms with van der Waals surface area (Å²) in [6.07, 6.45) is 0.211. The maximum absolute atomic E-state index is 8.78. The van der Waals surface area contributed by atoms with Crippen LogP contribution < -0.4 is 0 Å². The number of aliphatic hydroxyl groups excluding tert-OH is 1. The zero-order valence-electron chi connectivity index (χ0n) is 5.00. The molecule has 1 N–H and O–H groups in total. The Hall–Kier alpha value is -0.120. The van der Waals surface area contributed by atoms with Crippen molar-refractivity contribution in [3.8, 4) is 0 Å². The average Bonchev–Trinajstić information content (AvgIpc) is 1.77. The van der Waals surface area contributed by atoms with Crippen molar-refractivity contribution >= 4 is 0 Å². The summed E-state index contributed by atoms with van der Waals surface area (Å²) in [5, 5.41) is 8.78. The molecule has 48 valence electrons. The number of rotatable bonds is 0. The van der Waals surface area contributed by atoms with E-state index in [-0.39, 0.29) is 0 Å². The Labute approximate surface area is 48.9 Å². The Morgan fingerprint density at radius 1 is 1.75 bits per heavy atom. The van der Waals surface area contributed by atoms with Gasteiger partial charge in [-0.05, 0) is 7.05 Å². The molecule has 0 aromatic rings. The Morgan fingerprint density at radius 3 is 2.88 bits per heavy atom. The fraction of sp³-hybridized carbons (Fsp3) is 1.00. The molecule has 1 unspecified atom stereocenters. The molecule has 0 bridgehead atoms. The van der Waals surface area contributed by atoms with Crippen LogP contribution in [0.1, 0.15) is 6.42 Å². The van der Waals surface area contributed by atoms with Gasteiger partial charge in [0.15, 0.2) is 6.29 Å². The lowest BCUT2D eigenvalue weighted by Crippen LogP contribution is -2.34. The summed E-state index contributed by atoms with van der Waals surface area (Å²) in [6, 6.07) is 0. The van der Waals surface area contributed by atoms with Crippen LogP contribution in [0.5, 0.6) is 0 Å². The van der Waals surface area contributed by atoms with Crippen LogP contribution in [0.3, 0.4) is 0 Å². The third kappa shape index (κ3) is 1.43. The normalized spacial score (nSPS) is 33.0. The van der Waals surface area contributed by atoms with Crippen molar-refractivity contribution in [3.63, 3.8) is 0 Å². The number of aliphatic hydroxyl groups is 1. The summed E-state index contributed by atoms with van der Waals surface area (Å²) in [5.41, 5.74) is 0. The molecular weight excluding hydrogens is 106 g/mol. The summed E-state index contributed by atoms with van der Waals surface area (Å²) in [5.74, 6) is 0. The van der Waals surface area contributed by atoms with Gasteiger partial charge in [-0.3, -0.25) is 4.90 Å². The van der Waals surface area contributed by atoms with Crippen LogP contribution in [0.4, 0.5) is 0 Å². The first-order valence-corrected chi connectivity index (χ1v) is 2.77. The van der Waals surface area contributed by atoms with Gasteiger partial charge in [0.05, 0.1) is 0 Å². The van der Waals surface area contributed by atoms with Gasteiger partial charge in [0.1, 0.15) is 6.73 Å². The molecule has 1 atom stereocenters.